The first kappa shape index (κ1) is 39.1. The zero-order chi connectivity index (χ0) is 34.4. The van der Waals surface area contributed by atoms with E-state index in [9.17, 15) is 44.7 Å². The third-order valence-corrected chi connectivity index (χ3v) is 6.74. The van der Waals surface area contributed by atoms with Gasteiger partial charge >= 0.3 is 23.9 Å². The zero-order valence-electron chi connectivity index (χ0n) is 24.1. The number of carbonyl (C=O) groups excluding carboxylic acids is 4. The Morgan fingerprint density at radius 1 is 0.778 bits per heavy atom. The van der Waals surface area contributed by atoms with Crippen LogP contribution in [0.4, 0.5) is 0 Å². The Kier molecular flexibility index (Phi) is 14.5. The fourth-order valence-electron chi connectivity index (χ4n) is 4.38. The maximum atomic E-state index is 12.3. The Bertz CT molecular complexity index is 1080. The van der Waals surface area contributed by atoms with Crippen LogP contribution in [0.25, 0.3) is 0 Å². The Morgan fingerprint density at radius 3 is 1.82 bits per heavy atom. The standard InChI is InChI=1S/C24H34Cl3NO17/c1-7(30)38-6-12(39-8(2)31)17-18(44-21-15(37)13(35)14(36)16(42-21)11(34)5-29)19(40-9(3)32)20(41-10(4)33)22(43-17)45-23(28)24(25,26)27/h11-22,28-29,34-37H,5-6H2,1-4H3/t11-,12-,13-,14-,15-,16+,17+,18+,19-,20-,21+,22+/m0/s1. The fraction of sp³-hybridized carbons (Fsp3) is 0.792. The van der Waals surface area contributed by atoms with Gasteiger partial charge in [-0.3, -0.25) is 24.6 Å². The van der Waals surface area contributed by atoms with Crippen LogP contribution in [0.5, 0.6) is 0 Å². The van der Waals surface area contributed by atoms with Gasteiger partial charge in [-0.1, -0.05) is 34.8 Å². The summed E-state index contributed by atoms with van der Waals surface area (Å²) in [4.78, 5) is 48.2. The molecule has 0 radical (unpaired) electrons. The number of hydrogen-bond donors (Lipinski definition) is 6. The second kappa shape index (κ2) is 16.6. The number of aliphatic hydroxyl groups excluding tert-OH is 5. The van der Waals surface area contributed by atoms with Crippen LogP contribution >= 0.6 is 34.8 Å². The summed E-state index contributed by atoms with van der Waals surface area (Å²) in [5.41, 5.74) is 0. The van der Waals surface area contributed by atoms with Crippen LogP contribution in [0.3, 0.4) is 0 Å². The van der Waals surface area contributed by atoms with E-state index in [0.717, 1.165) is 27.7 Å². The molecule has 0 spiro atoms. The zero-order valence-corrected chi connectivity index (χ0v) is 26.4. The molecule has 2 heterocycles. The topological polar surface area (TPSA) is 267 Å². The van der Waals surface area contributed by atoms with E-state index in [1.54, 1.807) is 0 Å². The minimum atomic E-state index is -2.49. The van der Waals surface area contributed by atoms with E-state index in [4.69, 9.17) is 78.1 Å². The highest BCUT2D eigenvalue weighted by atomic mass is 35.6. The number of nitrogens with one attached hydrogen (secondary N) is 1. The average molecular weight is 715 g/mol. The largest absolute Gasteiger partial charge is 0.462 e. The molecule has 0 aromatic carbocycles. The molecule has 0 amide bonds. The SMILES string of the molecule is CC(=O)OC[C@H](OC(C)=O)[C@H]1O[C@H](OC(=N)C(Cl)(Cl)Cl)[C@@H](OC(C)=O)[C@@H](OC(C)=O)[C@@H]1O[C@H]1O[C@H]([C@@H](O)CO)[C@@H](O)[C@H](O)[C@@H]1O. The van der Waals surface area contributed by atoms with Crippen LogP contribution in [-0.2, 0) is 57.1 Å². The molecule has 0 unspecified atom stereocenters. The minimum absolute atomic E-state index is 0.736. The first-order valence-corrected chi connectivity index (χ1v) is 14.2. The highest BCUT2D eigenvalue weighted by Gasteiger charge is 2.58. The Balaban J connectivity index is 2.72. The highest BCUT2D eigenvalue weighted by molar-refractivity contribution is 6.76. The summed E-state index contributed by atoms with van der Waals surface area (Å²) in [6.45, 7) is 2.19. The predicted molar refractivity (Wildman–Crippen MR) is 146 cm³/mol. The van der Waals surface area contributed by atoms with E-state index >= 15 is 0 Å². The Labute approximate surface area is 270 Å². The molecule has 2 fully saturated rings. The monoisotopic (exact) mass is 713 g/mol. The van der Waals surface area contributed by atoms with Crippen LogP contribution in [0.15, 0.2) is 0 Å². The Hall–Kier alpha value is -2.10. The predicted octanol–water partition coefficient (Wildman–Crippen LogP) is -2.02. The summed E-state index contributed by atoms with van der Waals surface area (Å²) in [5.74, 6) is -4.90. The normalized spacial score (nSPS) is 33.2. The Morgan fingerprint density at radius 2 is 1.33 bits per heavy atom. The summed E-state index contributed by atoms with van der Waals surface area (Å²) >= 11 is 17.2. The number of rotatable bonds is 11. The molecule has 2 saturated heterocycles. The van der Waals surface area contributed by atoms with Crippen molar-refractivity contribution in [2.24, 2.45) is 0 Å². The lowest BCUT2D eigenvalue weighted by Crippen LogP contribution is -2.68. The van der Waals surface area contributed by atoms with Gasteiger partial charge in [-0.05, 0) is 0 Å². The molecule has 6 N–H and O–H groups in total. The van der Waals surface area contributed by atoms with Gasteiger partial charge in [-0.15, -0.1) is 0 Å². The van der Waals surface area contributed by atoms with E-state index in [1.165, 1.54) is 0 Å². The van der Waals surface area contributed by atoms with Gasteiger partial charge < -0.3 is 63.4 Å². The maximum absolute atomic E-state index is 12.3. The van der Waals surface area contributed by atoms with Gasteiger partial charge in [0.05, 0.1) is 6.61 Å². The summed E-state index contributed by atoms with van der Waals surface area (Å²) in [5, 5.41) is 59.0. The van der Waals surface area contributed by atoms with Gasteiger partial charge in [0.15, 0.2) is 18.5 Å². The molecule has 258 valence electrons. The van der Waals surface area contributed by atoms with Crippen molar-refractivity contribution in [2.75, 3.05) is 13.2 Å². The number of alkyl halides is 3. The molecule has 45 heavy (non-hydrogen) atoms. The third kappa shape index (κ3) is 10.7. The first-order chi connectivity index (χ1) is 20.8. The molecular formula is C24H34Cl3NO17. The number of halogens is 3. The van der Waals surface area contributed by atoms with Crippen LogP contribution in [0.2, 0.25) is 0 Å². The van der Waals surface area contributed by atoms with E-state index in [2.05, 4.69) is 0 Å². The van der Waals surface area contributed by atoms with Gasteiger partial charge in [0, 0.05) is 27.7 Å². The number of aliphatic hydroxyl groups is 5. The van der Waals surface area contributed by atoms with Crippen LogP contribution in [0.1, 0.15) is 27.7 Å². The third-order valence-electron chi connectivity index (χ3n) is 6.23. The molecule has 0 aromatic rings. The number of hydrogen-bond acceptors (Lipinski definition) is 18. The average Bonchev–Trinajstić information content (AvgIpc) is 2.92. The van der Waals surface area contributed by atoms with E-state index < -0.39 is 120 Å². The quantitative estimate of drug-likeness (QED) is 0.0443. The van der Waals surface area contributed by atoms with Crippen LogP contribution in [0, 0.1) is 5.41 Å². The van der Waals surface area contributed by atoms with E-state index in [-0.39, 0.29) is 0 Å². The molecule has 2 aliphatic heterocycles. The van der Waals surface area contributed by atoms with Crippen molar-refractivity contribution in [1.82, 2.24) is 0 Å². The molecule has 2 aliphatic rings. The molecule has 12 atom stereocenters. The minimum Gasteiger partial charge on any atom is -0.462 e. The van der Waals surface area contributed by atoms with Crippen molar-refractivity contribution in [1.29, 1.82) is 5.41 Å². The second-order valence-corrected chi connectivity index (χ2v) is 12.1. The lowest BCUT2D eigenvalue weighted by Gasteiger charge is -2.49. The van der Waals surface area contributed by atoms with Crippen molar-refractivity contribution in [3.05, 3.63) is 0 Å². The van der Waals surface area contributed by atoms with Crippen LogP contribution in [-0.4, -0.2) is 146 Å². The van der Waals surface area contributed by atoms with Crippen LogP contribution < -0.4 is 0 Å². The molecule has 21 heteroatoms. The summed E-state index contributed by atoms with van der Waals surface area (Å²) in [6, 6.07) is 0. The lowest BCUT2D eigenvalue weighted by atomic mass is 9.93. The van der Waals surface area contributed by atoms with Crippen molar-refractivity contribution < 1.29 is 82.6 Å². The highest BCUT2D eigenvalue weighted by Crippen LogP contribution is 2.37. The second-order valence-electron chi connectivity index (χ2n) is 9.80. The molecule has 0 aliphatic carbocycles. The van der Waals surface area contributed by atoms with Crippen molar-refractivity contribution in [2.45, 2.75) is 105 Å². The summed E-state index contributed by atoms with van der Waals surface area (Å²) in [7, 11) is 0. The fourth-order valence-corrected chi connectivity index (χ4v) is 4.52. The molecule has 2 rings (SSSR count). The molecule has 0 bridgehead atoms. The summed E-state index contributed by atoms with van der Waals surface area (Å²) in [6.07, 6.45) is -22.6. The van der Waals surface area contributed by atoms with Gasteiger partial charge in [-0.25, -0.2) is 0 Å². The van der Waals surface area contributed by atoms with E-state index in [1.807, 2.05) is 0 Å². The number of carbonyl (C=O) groups is 4. The smallest absolute Gasteiger partial charge is 0.303 e. The van der Waals surface area contributed by atoms with Crippen molar-refractivity contribution >= 4 is 64.6 Å². The number of ether oxygens (including phenoxy) is 8. The van der Waals surface area contributed by atoms with Gasteiger partial charge in [0.2, 0.25) is 18.3 Å². The molecular weight excluding hydrogens is 681 g/mol. The van der Waals surface area contributed by atoms with Crippen molar-refractivity contribution in [3.63, 3.8) is 0 Å². The molecule has 0 saturated carbocycles. The van der Waals surface area contributed by atoms with Gasteiger partial charge in [0.25, 0.3) is 3.79 Å². The molecule has 0 aromatic heterocycles. The molecule has 18 nitrogen and oxygen atoms in total. The van der Waals surface area contributed by atoms with Gasteiger partial charge in [0.1, 0.15) is 49.3 Å². The van der Waals surface area contributed by atoms with E-state index in [0.29, 0.717) is 0 Å². The number of esters is 4. The lowest BCUT2D eigenvalue weighted by molar-refractivity contribution is -0.363. The maximum Gasteiger partial charge on any atom is 0.303 e. The van der Waals surface area contributed by atoms with Crippen molar-refractivity contribution in [3.8, 4) is 0 Å². The van der Waals surface area contributed by atoms with Gasteiger partial charge in [-0.2, -0.15) is 0 Å². The summed E-state index contributed by atoms with van der Waals surface area (Å²) < 4.78 is 40.9. The first-order valence-electron chi connectivity index (χ1n) is 13.0.